The van der Waals surface area contributed by atoms with Gasteiger partial charge < -0.3 is 14.4 Å². The summed E-state index contributed by atoms with van der Waals surface area (Å²) < 4.78 is 7.35. The van der Waals surface area contributed by atoms with Gasteiger partial charge in [-0.3, -0.25) is 9.69 Å². The Bertz CT molecular complexity index is 681. The van der Waals surface area contributed by atoms with E-state index in [-0.39, 0.29) is 0 Å². The van der Waals surface area contributed by atoms with Crippen molar-refractivity contribution in [3.63, 3.8) is 0 Å². The van der Waals surface area contributed by atoms with Gasteiger partial charge in [0.15, 0.2) is 0 Å². The van der Waals surface area contributed by atoms with E-state index in [2.05, 4.69) is 4.98 Å². The predicted octanol–water partition coefficient (Wildman–Crippen LogP) is 2.48. The smallest absolute Gasteiger partial charge is 0.325 e. The lowest BCUT2D eigenvalue weighted by Crippen LogP contribution is -2.31. The minimum absolute atomic E-state index is 0.439. The minimum Gasteiger partial charge on any atom is -0.496 e. The predicted molar refractivity (Wildman–Crippen MR) is 87.5 cm³/mol. The van der Waals surface area contributed by atoms with Gasteiger partial charge in [0.2, 0.25) is 0 Å². The topological polar surface area (TPSA) is 67.6 Å². The van der Waals surface area contributed by atoms with Gasteiger partial charge in [-0.15, -0.1) is 0 Å². The van der Waals surface area contributed by atoms with E-state index in [1.165, 1.54) is 0 Å². The van der Waals surface area contributed by atoms with E-state index in [0.717, 1.165) is 17.9 Å². The third-order valence-corrected chi connectivity index (χ3v) is 3.89. The highest BCUT2D eigenvalue weighted by Gasteiger charge is 2.28. The Labute approximate surface area is 136 Å². The average Bonchev–Trinajstić information content (AvgIpc) is 2.94. The van der Waals surface area contributed by atoms with Gasteiger partial charge in [0.1, 0.15) is 17.6 Å². The largest absolute Gasteiger partial charge is 0.496 e. The normalized spacial score (nSPS) is 12.4. The zero-order valence-electron chi connectivity index (χ0n) is 14.0. The highest BCUT2D eigenvalue weighted by molar-refractivity contribution is 5.76. The number of carboxylic acids is 1. The van der Waals surface area contributed by atoms with Crippen LogP contribution in [0.4, 0.5) is 0 Å². The number of aliphatic carboxylic acids is 1. The molecule has 0 fully saturated rings. The first-order valence-corrected chi connectivity index (χ1v) is 7.55. The molecule has 1 aromatic heterocycles. The van der Waals surface area contributed by atoms with Gasteiger partial charge in [0, 0.05) is 24.5 Å². The first kappa shape index (κ1) is 17.0. The number of ether oxygens (including phenoxy) is 1. The summed E-state index contributed by atoms with van der Waals surface area (Å²) in [6.07, 6.45) is 3.63. The zero-order chi connectivity index (χ0) is 17.0. The number of hydrogen-bond acceptors (Lipinski definition) is 4. The Morgan fingerprint density at radius 1 is 1.48 bits per heavy atom. The van der Waals surface area contributed by atoms with Crippen molar-refractivity contribution in [1.29, 1.82) is 0 Å². The number of carboxylic acid groups (broad SMARTS) is 1. The van der Waals surface area contributed by atoms with Gasteiger partial charge in [0.25, 0.3) is 0 Å². The molecule has 0 amide bonds. The first-order valence-electron chi connectivity index (χ1n) is 7.55. The van der Waals surface area contributed by atoms with Crippen molar-refractivity contribution in [2.75, 3.05) is 14.2 Å². The van der Waals surface area contributed by atoms with Crippen LogP contribution < -0.4 is 4.74 Å². The fourth-order valence-corrected chi connectivity index (χ4v) is 2.72. The number of benzene rings is 1. The van der Waals surface area contributed by atoms with E-state index >= 15 is 0 Å². The molecule has 0 bridgehead atoms. The van der Waals surface area contributed by atoms with Crippen molar-refractivity contribution < 1.29 is 14.6 Å². The van der Waals surface area contributed by atoms with Crippen LogP contribution in [0, 0.1) is 6.92 Å². The number of likely N-dealkylation sites (N-methyl/N-ethyl adjacent to an activating group) is 1. The van der Waals surface area contributed by atoms with Crippen LogP contribution in [0.2, 0.25) is 0 Å². The lowest BCUT2D eigenvalue weighted by atomic mass is 10.0. The standard InChI is InChI=1S/C17H23N3O3/c1-5-20-9-8-18-15(20)11-19(3)16(17(21)22)13-10-12(2)6-7-14(13)23-4/h6-10,16H,5,11H2,1-4H3,(H,21,22). The van der Waals surface area contributed by atoms with Gasteiger partial charge in [-0.2, -0.15) is 0 Å². The molecule has 1 unspecified atom stereocenters. The molecule has 0 radical (unpaired) electrons. The van der Waals surface area contributed by atoms with Gasteiger partial charge in [-0.25, -0.2) is 4.98 Å². The molecule has 0 aliphatic heterocycles. The maximum atomic E-state index is 11.9. The first-order chi connectivity index (χ1) is 11.0. The number of nitrogens with zero attached hydrogens (tertiary/aromatic N) is 3. The van der Waals surface area contributed by atoms with E-state index in [4.69, 9.17) is 4.74 Å². The fraction of sp³-hybridized carbons (Fsp3) is 0.412. The molecular formula is C17H23N3O3. The summed E-state index contributed by atoms with van der Waals surface area (Å²) in [4.78, 5) is 18.0. The second-order valence-corrected chi connectivity index (χ2v) is 5.53. The van der Waals surface area contributed by atoms with Crippen molar-refractivity contribution in [2.24, 2.45) is 0 Å². The van der Waals surface area contributed by atoms with Crippen LogP contribution in [0.25, 0.3) is 0 Å². The fourth-order valence-electron chi connectivity index (χ4n) is 2.72. The van der Waals surface area contributed by atoms with Crippen LogP contribution in [0.1, 0.15) is 29.9 Å². The molecule has 1 atom stereocenters. The monoisotopic (exact) mass is 317 g/mol. The lowest BCUT2D eigenvalue weighted by Gasteiger charge is -2.26. The van der Waals surface area contributed by atoms with Gasteiger partial charge in [0.05, 0.1) is 13.7 Å². The van der Waals surface area contributed by atoms with E-state index in [0.29, 0.717) is 17.9 Å². The van der Waals surface area contributed by atoms with Crippen LogP contribution in [0.3, 0.4) is 0 Å². The molecule has 0 saturated heterocycles. The number of carbonyl (C=O) groups is 1. The number of methoxy groups -OCH3 is 1. The van der Waals surface area contributed by atoms with E-state index < -0.39 is 12.0 Å². The van der Waals surface area contributed by atoms with Gasteiger partial charge in [-0.05, 0) is 27.0 Å². The van der Waals surface area contributed by atoms with Crippen molar-refractivity contribution >= 4 is 5.97 Å². The number of rotatable bonds is 7. The maximum absolute atomic E-state index is 11.9. The SMILES string of the molecule is CCn1ccnc1CN(C)C(C(=O)O)c1cc(C)ccc1OC. The summed E-state index contributed by atoms with van der Waals surface area (Å²) in [6.45, 7) is 5.21. The molecule has 0 aliphatic rings. The van der Waals surface area contributed by atoms with Crippen molar-refractivity contribution in [3.05, 3.63) is 47.5 Å². The zero-order valence-corrected chi connectivity index (χ0v) is 14.0. The molecule has 2 rings (SSSR count). The number of hydrogen-bond donors (Lipinski definition) is 1. The van der Waals surface area contributed by atoms with Crippen molar-refractivity contribution in [2.45, 2.75) is 33.0 Å². The number of aryl methyl sites for hydroxylation is 2. The third-order valence-electron chi connectivity index (χ3n) is 3.89. The molecule has 6 nitrogen and oxygen atoms in total. The molecule has 1 heterocycles. The van der Waals surface area contributed by atoms with Crippen molar-refractivity contribution in [1.82, 2.24) is 14.5 Å². The average molecular weight is 317 g/mol. The maximum Gasteiger partial charge on any atom is 0.325 e. The van der Waals surface area contributed by atoms with Crippen LogP contribution in [0.5, 0.6) is 5.75 Å². The van der Waals surface area contributed by atoms with E-state index in [1.54, 1.807) is 31.3 Å². The van der Waals surface area contributed by atoms with Crippen LogP contribution in [-0.2, 0) is 17.9 Å². The Kier molecular flexibility index (Phi) is 5.39. The van der Waals surface area contributed by atoms with E-state index in [9.17, 15) is 9.90 Å². The number of imidazole rings is 1. The highest BCUT2D eigenvalue weighted by atomic mass is 16.5. The Morgan fingerprint density at radius 3 is 2.83 bits per heavy atom. The molecule has 0 aliphatic carbocycles. The summed E-state index contributed by atoms with van der Waals surface area (Å²) in [6, 6.07) is 4.78. The summed E-state index contributed by atoms with van der Waals surface area (Å²) in [5, 5.41) is 9.74. The number of aromatic nitrogens is 2. The minimum atomic E-state index is -0.911. The lowest BCUT2D eigenvalue weighted by molar-refractivity contribution is -0.143. The van der Waals surface area contributed by atoms with Crippen LogP contribution in [-0.4, -0.2) is 39.7 Å². The van der Waals surface area contributed by atoms with Crippen molar-refractivity contribution in [3.8, 4) is 5.75 Å². The summed E-state index contributed by atoms with van der Waals surface area (Å²) in [7, 11) is 3.34. The molecule has 1 aromatic carbocycles. The van der Waals surface area contributed by atoms with E-state index in [1.807, 2.05) is 36.7 Å². The van der Waals surface area contributed by atoms with Crippen LogP contribution in [0.15, 0.2) is 30.6 Å². The molecule has 2 aromatic rings. The molecule has 0 saturated carbocycles. The summed E-state index contributed by atoms with van der Waals surface area (Å²) in [5.74, 6) is 0.507. The second-order valence-electron chi connectivity index (χ2n) is 5.53. The Morgan fingerprint density at radius 2 is 2.22 bits per heavy atom. The second kappa shape index (κ2) is 7.28. The summed E-state index contributed by atoms with van der Waals surface area (Å²) in [5.41, 5.74) is 1.65. The molecule has 0 spiro atoms. The quantitative estimate of drug-likeness (QED) is 0.850. The Hall–Kier alpha value is -2.34. The molecule has 1 N–H and O–H groups in total. The molecule has 6 heteroatoms. The molecular weight excluding hydrogens is 294 g/mol. The van der Waals surface area contributed by atoms with Crippen LogP contribution >= 0.6 is 0 Å². The Balaban J connectivity index is 2.35. The van der Waals surface area contributed by atoms with Gasteiger partial charge >= 0.3 is 5.97 Å². The highest BCUT2D eigenvalue weighted by Crippen LogP contribution is 2.30. The molecule has 124 valence electrons. The summed E-state index contributed by atoms with van der Waals surface area (Å²) >= 11 is 0. The van der Waals surface area contributed by atoms with Gasteiger partial charge in [-0.1, -0.05) is 17.7 Å². The third kappa shape index (κ3) is 3.71. The molecule has 23 heavy (non-hydrogen) atoms.